The summed E-state index contributed by atoms with van der Waals surface area (Å²) in [7, 11) is 0. The van der Waals surface area contributed by atoms with Crippen LogP contribution in [0.2, 0.25) is 0 Å². The highest BCUT2D eigenvalue weighted by atomic mass is 16.5. The lowest BCUT2D eigenvalue weighted by molar-refractivity contribution is -0.131. The molecule has 1 unspecified atom stereocenters. The van der Waals surface area contributed by atoms with E-state index in [4.69, 9.17) is 10.5 Å². The molecule has 3 amide bonds. The molecule has 0 bridgehead atoms. The predicted octanol–water partition coefficient (Wildman–Crippen LogP) is 1.20. The molecule has 0 saturated carbocycles. The Labute approximate surface area is 124 Å². The second-order valence-electron chi connectivity index (χ2n) is 5.11. The molecule has 1 saturated heterocycles. The molecule has 1 fully saturated rings. The minimum Gasteiger partial charge on any atom is -0.494 e. The van der Waals surface area contributed by atoms with Crippen molar-refractivity contribution in [1.29, 1.82) is 0 Å². The van der Waals surface area contributed by atoms with Gasteiger partial charge in [-0.05, 0) is 44.5 Å². The van der Waals surface area contributed by atoms with Gasteiger partial charge in [0.05, 0.1) is 6.61 Å². The number of urea groups is 1. The van der Waals surface area contributed by atoms with Crippen LogP contribution in [0.3, 0.4) is 0 Å². The largest absolute Gasteiger partial charge is 0.494 e. The number of nitrogens with one attached hydrogen (secondary N) is 1. The van der Waals surface area contributed by atoms with Crippen molar-refractivity contribution in [2.75, 3.05) is 19.7 Å². The van der Waals surface area contributed by atoms with E-state index in [2.05, 4.69) is 5.32 Å². The van der Waals surface area contributed by atoms with Gasteiger partial charge in [0.15, 0.2) is 0 Å². The van der Waals surface area contributed by atoms with Crippen LogP contribution < -0.4 is 15.8 Å². The average Bonchev–Trinajstić information content (AvgIpc) is 2.69. The summed E-state index contributed by atoms with van der Waals surface area (Å²) < 4.78 is 5.38. The molecule has 1 aliphatic rings. The number of ether oxygens (including phenoxy) is 1. The van der Waals surface area contributed by atoms with Crippen LogP contribution in [0.5, 0.6) is 5.75 Å². The number of imide groups is 1. The van der Waals surface area contributed by atoms with Crippen LogP contribution in [0.4, 0.5) is 4.79 Å². The van der Waals surface area contributed by atoms with E-state index in [9.17, 15) is 9.59 Å². The third-order valence-electron chi connectivity index (χ3n) is 3.60. The summed E-state index contributed by atoms with van der Waals surface area (Å²) in [6.45, 7) is 4.99. The van der Waals surface area contributed by atoms with E-state index in [-0.39, 0.29) is 11.9 Å². The minimum absolute atomic E-state index is 0.245. The summed E-state index contributed by atoms with van der Waals surface area (Å²) in [6.07, 6.45) is 0.596. The molecule has 1 heterocycles. The lowest BCUT2D eigenvalue weighted by Gasteiger charge is -2.22. The standard InChI is InChI=1S/C15H21N3O3/c1-3-21-12-7-5-11(6-8-12)15(2)13(19)18(10-4-9-16)14(20)17-15/h5-8H,3-4,9-10,16H2,1-2H3,(H,17,20). The van der Waals surface area contributed by atoms with Crippen LogP contribution in [0, 0.1) is 0 Å². The minimum atomic E-state index is -1.03. The summed E-state index contributed by atoms with van der Waals surface area (Å²) in [6, 6.07) is 6.83. The molecule has 21 heavy (non-hydrogen) atoms. The van der Waals surface area contributed by atoms with Crippen LogP contribution in [-0.4, -0.2) is 36.5 Å². The maximum absolute atomic E-state index is 12.5. The number of carbonyl (C=O) groups excluding carboxylic acids is 2. The van der Waals surface area contributed by atoms with Gasteiger partial charge in [-0.25, -0.2) is 4.79 Å². The highest BCUT2D eigenvalue weighted by Crippen LogP contribution is 2.30. The maximum atomic E-state index is 12.5. The van der Waals surface area contributed by atoms with Gasteiger partial charge in [-0.3, -0.25) is 9.69 Å². The van der Waals surface area contributed by atoms with Crippen molar-refractivity contribution in [2.45, 2.75) is 25.8 Å². The first-order valence-corrected chi connectivity index (χ1v) is 7.10. The molecule has 0 aliphatic carbocycles. The van der Waals surface area contributed by atoms with Crippen LogP contribution in [0.1, 0.15) is 25.8 Å². The second kappa shape index (κ2) is 6.13. The summed E-state index contributed by atoms with van der Waals surface area (Å²) >= 11 is 0. The van der Waals surface area contributed by atoms with Crippen molar-refractivity contribution in [3.63, 3.8) is 0 Å². The molecule has 0 spiro atoms. The van der Waals surface area contributed by atoms with E-state index in [0.717, 1.165) is 11.3 Å². The molecule has 1 atom stereocenters. The smallest absolute Gasteiger partial charge is 0.325 e. The van der Waals surface area contributed by atoms with Crippen molar-refractivity contribution in [3.05, 3.63) is 29.8 Å². The lowest BCUT2D eigenvalue weighted by atomic mass is 9.92. The first-order chi connectivity index (χ1) is 10.0. The van der Waals surface area contributed by atoms with Crippen molar-refractivity contribution < 1.29 is 14.3 Å². The Kier molecular flexibility index (Phi) is 4.47. The van der Waals surface area contributed by atoms with Crippen LogP contribution in [0.25, 0.3) is 0 Å². The van der Waals surface area contributed by atoms with E-state index >= 15 is 0 Å². The fourth-order valence-corrected chi connectivity index (χ4v) is 2.40. The highest BCUT2D eigenvalue weighted by molar-refractivity contribution is 6.07. The van der Waals surface area contributed by atoms with Gasteiger partial charge in [-0.15, -0.1) is 0 Å². The van der Waals surface area contributed by atoms with Crippen molar-refractivity contribution in [3.8, 4) is 5.75 Å². The molecule has 0 aromatic heterocycles. The van der Waals surface area contributed by atoms with Gasteiger partial charge in [-0.1, -0.05) is 12.1 Å². The van der Waals surface area contributed by atoms with Gasteiger partial charge in [0, 0.05) is 6.54 Å². The fraction of sp³-hybridized carbons (Fsp3) is 0.467. The third kappa shape index (κ3) is 2.85. The zero-order valence-corrected chi connectivity index (χ0v) is 12.4. The van der Waals surface area contributed by atoms with Crippen LogP contribution in [0.15, 0.2) is 24.3 Å². The Balaban J connectivity index is 2.21. The van der Waals surface area contributed by atoms with E-state index in [1.54, 1.807) is 31.2 Å². The van der Waals surface area contributed by atoms with E-state index in [1.807, 2.05) is 6.92 Å². The molecule has 6 heteroatoms. The first-order valence-electron chi connectivity index (χ1n) is 7.10. The normalized spacial score (nSPS) is 21.6. The molecule has 0 radical (unpaired) electrons. The number of hydrogen-bond acceptors (Lipinski definition) is 4. The summed E-state index contributed by atoms with van der Waals surface area (Å²) in [5.41, 5.74) is 5.14. The predicted molar refractivity (Wildman–Crippen MR) is 78.9 cm³/mol. The summed E-state index contributed by atoms with van der Waals surface area (Å²) in [5.74, 6) is 0.492. The molecule has 1 aromatic carbocycles. The van der Waals surface area contributed by atoms with Gasteiger partial charge in [0.1, 0.15) is 11.3 Å². The van der Waals surface area contributed by atoms with Crippen molar-refractivity contribution in [2.24, 2.45) is 5.73 Å². The van der Waals surface area contributed by atoms with Gasteiger partial charge < -0.3 is 15.8 Å². The number of benzene rings is 1. The molecule has 6 nitrogen and oxygen atoms in total. The van der Waals surface area contributed by atoms with Crippen molar-refractivity contribution >= 4 is 11.9 Å². The Morgan fingerprint density at radius 1 is 1.29 bits per heavy atom. The lowest BCUT2D eigenvalue weighted by Crippen LogP contribution is -2.41. The van der Waals surface area contributed by atoms with Gasteiger partial charge in [0.25, 0.3) is 5.91 Å². The SMILES string of the molecule is CCOc1ccc(C2(C)NC(=O)N(CCCN)C2=O)cc1. The number of carbonyl (C=O) groups is 2. The quantitative estimate of drug-likeness (QED) is 0.771. The molecule has 2 rings (SSSR count). The highest BCUT2D eigenvalue weighted by Gasteiger charge is 2.48. The number of nitrogens with zero attached hydrogens (tertiary/aromatic N) is 1. The maximum Gasteiger partial charge on any atom is 0.325 e. The monoisotopic (exact) mass is 291 g/mol. The zero-order valence-electron chi connectivity index (χ0n) is 12.4. The Morgan fingerprint density at radius 3 is 2.52 bits per heavy atom. The van der Waals surface area contributed by atoms with Gasteiger partial charge >= 0.3 is 6.03 Å². The summed E-state index contributed by atoms with van der Waals surface area (Å²) in [4.78, 5) is 25.7. The van der Waals surface area contributed by atoms with E-state index in [1.165, 1.54) is 4.90 Å². The number of nitrogens with two attached hydrogens (primary N) is 1. The molecular weight excluding hydrogens is 270 g/mol. The Bertz CT molecular complexity index is 529. The topological polar surface area (TPSA) is 84.7 Å². The van der Waals surface area contributed by atoms with Gasteiger partial charge in [0.2, 0.25) is 0 Å². The van der Waals surface area contributed by atoms with Gasteiger partial charge in [-0.2, -0.15) is 0 Å². The number of rotatable bonds is 6. The first kappa shape index (κ1) is 15.3. The third-order valence-corrected chi connectivity index (χ3v) is 3.60. The molecular formula is C15H21N3O3. The van der Waals surface area contributed by atoms with Crippen LogP contribution >= 0.6 is 0 Å². The van der Waals surface area contributed by atoms with Crippen molar-refractivity contribution in [1.82, 2.24) is 10.2 Å². The Morgan fingerprint density at radius 2 is 1.95 bits per heavy atom. The van der Waals surface area contributed by atoms with E-state index < -0.39 is 5.54 Å². The second-order valence-corrected chi connectivity index (χ2v) is 5.11. The summed E-state index contributed by atoms with van der Waals surface area (Å²) in [5, 5.41) is 2.76. The van der Waals surface area contributed by atoms with E-state index in [0.29, 0.717) is 26.1 Å². The Hall–Kier alpha value is -2.08. The number of hydrogen-bond donors (Lipinski definition) is 2. The molecule has 3 N–H and O–H groups in total. The average molecular weight is 291 g/mol. The van der Waals surface area contributed by atoms with Crippen LogP contribution in [-0.2, 0) is 10.3 Å². The molecule has 114 valence electrons. The fourth-order valence-electron chi connectivity index (χ4n) is 2.40. The molecule has 1 aliphatic heterocycles. The molecule has 1 aromatic rings. The zero-order chi connectivity index (χ0) is 15.5. The number of amides is 3.